The number of carbonyl (C=O) groups excluding carboxylic acids is 1. The molecule has 0 atom stereocenters. The first-order valence-corrected chi connectivity index (χ1v) is 4.06. The van der Waals surface area contributed by atoms with E-state index in [1.54, 1.807) is 0 Å². The van der Waals surface area contributed by atoms with Crippen molar-refractivity contribution in [2.24, 2.45) is 0 Å². The van der Waals surface area contributed by atoms with Crippen LogP contribution in [-0.4, -0.2) is 16.9 Å². The Morgan fingerprint density at radius 3 is 2.44 bits per heavy atom. The smallest absolute Gasteiger partial charge is 0.303 e. The standard InChI is InChI=1S/C6H9BrO2/c1-5(8)9-6(4-7)2-3-6/h2-4H2,1H3. The summed E-state index contributed by atoms with van der Waals surface area (Å²) in [5, 5.41) is 0.777. The lowest BCUT2D eigenvalue weighted by molar-refractivity contribution is -0.146. The van der Waals surface area contributed by atoms with E-state index in [0.29, 0.717) is 0 Å². The largest absolute Gasteiger partial charge is 0.458 e. The van der Waals surface area contributed by atoms with Crippen molar-refractivity contribution in [1.29, 1.82) is 0 Å². The summed E-state index contributed by atoms with van der Waals surface area (Å²) < 4.78 is 5.01. The molecule has 0 aromatic carbocycles. The number of ether oxygens (including phenoxy) is 1. The van der Waals surface area contributed by atoms with Crippen molar-refractivity contribution in [2.45, 2.75) is 25.4 Å². The van der Waals surface area contributed by atoms with Gasteiger partial charge in [0.05, 0.1) is 0 Å². The highest BCUT2D eigenvalue weighted by Crippen LogP contribution is 2.40. The molecule has 0 radical (unpaired) electrons. The van der Waals surface area contributed by atoms with Crippen LogP contribution in [0, 0.1) is 0 Å². The molecule has 3 heteroatoms. The third-order valence-corrected chi connectivity index (χ3v) is 2.43. The minimum atomic E-state index is -0.174. The number of hydrogen-bond donors (Lipinski definition) is 0. The van der Waals surface area contributed by atoms with E-state index >= 15 is 0 Å². The highest BCUT2D eigenvalue weighted by atomic mass is 79.9. The van der Waals surface area contributed by atoms with Crippen LogP contribution in [0.15, 0.2) is 0 Å². The van der Waals surface area contributed by atoms with Crippen LogP contribution >= 0.6 is 15.9 Å². The van der Waals surface area contributed by atoms with Gasteiger partial charge >= 0.3 is 5.97 Å². The average Bonchev–Trinajstić information content (AvgIpc) is 2.48. The van der Waals surface area contributed by atoms with Crippen molar-refractivity contribution >= 4 is 21.9 Å². The van der Waals surface area contributed by atoms with Gasteiger partial charge in [0.2, 0.25) is 0 Å². The lowest BCUT2D eigenvalue weighted by Crippen LogP contribution is -2.18. The normalized spacial score (nSPS) is 21.1. The Balaban J connectivity index is 2.33. The first-order valence-electron chi connectivity index (χ1n) is 2.94. The molecule has 1 aliphatic carbocycles. The second kappa shape index (κ2) is 2.29. The maximum Gasteiger partial charge on any atom is 0.303 e. The molecule has 1 aliphatic rings. The first kappa shape index (κ1) is 7.06. The van der Waals surface area contributed by atoms with Gasteiger partial charge in [0.1, 0.15) is 5.60 Å². The van der Waals surface area contributed by atoms with Crippen molar-refractivity contribution < 1.29 is 9.53 Å². The molecule has 0 heterocycles. The molecule has 52 valence electrons. The zero-order valence-electron chi connectivity index (χ0n) is 5.32. The van der Waals surface area contributed by atoms with Crippen molar-refractivity contribution in [3.63, 3.8) is 0 Å². The fourth-order valence-electron chi connectivity index (χ4n) is 0.707. The molecule has 0 amide bonds. The van der Waals surface area contributed by atoms with Crippen LogP contribution in [-0.2, 0) is 9.53 Å². The highest BCUT2D eigenvalue weighted by molar-refractivity contribution is 9.09. The molecular formula is C6H9BrO2. The molecule has 0 saturated heterocycles. The topological polar surface area (TPSA) is 26.3 Å². The molecule has 0 spiro atoms. The fourth-order valence-corrected chi connectivity index (χ4v) is 1.38. The summed E-state index contributed by atoms with van der Waals surface area (Å²) in [7, 11) is 0. The monoisotopic (exact) mass is 192 g/mol. The summed E-state index contributed by atoms with van der Waals surface area (Å²) in [5.41, 5.74) is -0.119. The molecule has 1 saturated carbocycles. The van der Waals surface area contributed by atoms with E-state index in [1.807, 2.05) is 0 Å². The number of carbonyl (C=O) groups is 1. The SMILES string of the molecule is CC(=O)OC1(CBr)CC1. The molecule has 0 aromatic heterocycles. The van der Waals surface area contributed by atoms with Crippen molar-refractivity contribution in [3.05, 3.63) is 0 Å². The van der Waals surface area contributed by atoms with Gasteiger partial charge in [0.15, 0.2) is 0 Å². The minimum absolute atomic E-state index is 0.119. The Bertz CT molecular complexity index is 129. The average molecular weight is 193 g/mol. The van der Waals surface area contributed by atoms with Crippen LogP contribution in [0.25, 0.3) is 0 Å². The van der Waals surface area contributed by atoms with Gasteiger partial charge in [-0.25, -0.2) is 0 Å². The van der Waals surface area contributed by atoms with Crippen LogP contribution in [0.3, 0.4) is 0 Å². The van der Waals surface area contributed by atoms with Crippen LogP contribution in [0.1, 0.15) is 19.8 Å². The minimum Gasteiger partial charge on any atom is -0.458 e. The summed E-state index contributed by atoms with van der Waals surface area (Å²) >= 11 is 3.28. The fraction of sp³-hybridized carbons (Fsp3) is 0.833. The lowest BCUT2D eigenvalue weighted by atomic mass is 10.4. The number of esters is 1. The molecule has 0 N–H and O–H groups in total. The molecule has 0 bridgehead atoms. The summed E-state index contributed by atoms with van der Waals surface area (Å²) in [6.45, 7) is 1.45. The van der Waals surface area contributed by atoms with Gasteiger partial charge in [-0.1, -0.05) is 15.9 Å². The van der Waals surface area contributed by atoms with E-state index in [4.69, 9.17) is 4.74 Å². The van der Waals surface area contributed by atoms with E-state index in [0.717, 1.165) is 18.2 Å². The Labute approximate surface area is 62.7 Å². The summed E-state index contributed by atoms with van der Waals surface area (Å²) in [4.78, 5) is 10.4. The van der Waals surface area contributed by atoms with Gasteiger partial charge in [-0.2, -0.15) is 0 Å². The van der Waals surface area contributed by atoms with E-state index in [-0.39, 0.29) is 11.6 Å². The van der Waals surface area contributed by atoms with Crippen molar-refractivity contribution in [3.8, 4) is 0 Å². The zero-order chi connectivity index (χ0) is 6.91. The molecule has 2 nitrogen and oxygen atoms in total. The zero-order valence-corrected chi connectivity index (χ0v) is 6.90. The van der Waals surface area contributed by atoms with E-state index in [2.05, 4.69) is 15.9 Å². The van der Waals surface area contributed by atoms with Crippen molar-refractivity contribution in [2.75, 3.05) is 5.33 Å². The third kappa shape index (κ3) is 1.68. The van der Waals surface area contributed by atoms with Crippen LogP contribution < -0.4 is 0 Å². The van der Waals surface area contributed by atoms with E-state index in [1.165, 1.54) is 6.92 Å². The summed E-state index contributed by atoms with van der Waals surface area (Å²) in [6, 6.07) is 0. The number of hydrogen-bond acceptors (Lipinski definition) is 2. The van der Waals surface area contributed by atoms with E-state index < -0.39 is 0 Å². The summed E-state index contributed by atoms with van der Waals surface area (Å²) in [5.74, 6) is -0.174. The molecule has 9 heavy (non-hydrogen) atoms. The quantitative estimate of drug-likeness (QED) is 0.490. The Hall–Kier alpha value is -0.0500. The van der Waals surface area contributed by atoms with Crippen LogP contribution in [0.4, 0.5) is 0 Å². The van der Waals surface area contributed by atoms with Gasteiger partial charge in [-0.15, -0.1) is 0 Å². The second-order valence-electron chi connectivity index (χ2n) is 2.41. The third-order valence-electron chi connectivity index (χ3n) is 1.41. The molecular weight excluding hydrogens is 184 g/mol. The second-order valence-corrected chi connectivity index (χ2v) is 2.97. The van der Waals surface area contributed by atoms with Crippen molar-refractivity contribution in [1.82, 2.24) is 0 Å². The lowest BCUT2D eigenvalue weighted by Gasteiger charge is -2.10. The Kier molecular flexibility index (Phi) is 1.80. The van der Waals surface area contributed by atoms with Gasteiger partial charge in [0, 0.05) is 12.3 Å². The first-order chi connectivity index (χ1) is 4.18. The number of rotatable bonds is 2. The van der Waals surface area contributed by atoms with Crippen LogP contribution in [0.2, 0.25) is 0 Å². The predicted octanol–water partition coefficient (Wildman–Crippen LogP) is 1.48. The number of halogens is 1. The van der Waals surface area contributed by atoms with Gasteiger partial charge < -0.3 is 4.74 Å². The molecule has 0 aliphatic heterocycles. The maximum absolute atomic E-state index is 10.4. The highest BCUT2D eigenvalue weighted by Gasteiger charge is 2.45. The van der Waals surface area contributed by atoms with E-state index in [9.17, 15) is 4.79 Å². The Morgan fingerprint density at radius 1 is 1.78 bits per heavy atom. The molecule has 1 fully saturated rings. The molecule has 1 rings (SSSR count). The maximum atomic E-state index is 10.4. The molecule has 0 aromatic rings. The summed E-state index contributed by atoms with van der Waals surface area (Å²) in [6.07, 6.45) is 2.02. The van der Waals surface area contributed by atoms with Gasteiger partial charge in [0.25, 0.3) is 0 Å². The van der Waals surface area contributed by atoms with Gasteiger partial charge in [-0.3, -0.25) is 4.79 Å². The van der Waals surface area contributed by atoms with Crippen LogP contribution in [0.5, 0.6) is 0 Å². The number of alkyl halides is 1. The molecule has 0 unspecified atom stereocenters. The Morgan fingerprint density at radius 2 is 2.33 bits per heavy atom. The van der Waals surface area contributed by atoms with Gasteiger partial charge in [-0.05, 0) is 12.8 Å². The predicted molar refractivity (Wildman–Crippen MR) is 37.5 cm³/mol.